The second-order valence-electron chi connectivity index (χ2n) is 8.35. The van der Waals surface area contributed by atoms with E-state index in [-0.39, 0.29) is 25.0 Å². The molecule has 31 heavy (non-hydrogen) atoms. The van der Waals surface area contributed by atoms with Crippen molar-refractivity contribution < 1.29 is 24.4 Å². The molecule has 1 aromatic carbocycles. The fourth-order valence-corrected chi connectivity index (χ4v) is 6.92. The first kappa shape index (κ1) is 21.7. The van der Waals surface area contributed by atoms with Gasteiger partial charge in [0.2, 0.25) is 13.2 Å². The van der Waals surface area contributed by atoms with Gasteiger partial charge in [0.05, 0.1) is 0 Å². The van der Waals surface area contributed by atoms with Gasteiger partial charge in [-0.3, -0.25) is 19.9 Å². The SMILES string of the molecule is CC(C(=O)O)N(CC1c2ccc(-c3ccccc3)c1c2)N1C(=O)CCP1(=O)C(C)(N)O. The summed E-state index contributed by atoms with van der Waals surface area (Å²) in [5.41, 5.74) is 7.80. The fourth-order valence-electron chi connectivity index (χ4n) is 4.34. The van der Waals surface area contributed by atoms with E-state index in [1.54, 1.807) is 0 Å². The molecule has 4 N–H and O–H groups in total. The molecule has 4 rings (SSSR count). The third-order valence-electron chi connectivity index (χ3n) is 6.22. The minimum atomic E-state index is -3.79. The first-order valence-electron chi connectivity index (χ1n) is 10.2. The number of allylic oxidation sites excluding steroid dienone is 4. The molecular weight excluding hydrogens is 417 g/mol. The van der Waals surface area contributed by atoms with Crippen LogP contribution in [0, 0.1) is 5.92 Å². The van der Waals surface area contributed by atoms with Crippen molar-refractivity contribution in [3.8, 4) is 0 Å². The molecule has 2 aliphatic carbocycles. The predicted octanol–water partition coefficient (Wildman–Crippen LogP) is 2.39. The molecule has 9 heteroatoms. The number of carbonyl (C=O) groups is 2. The Labute approximate surface area is 180 Å². The van der Waals surface area contributed by atoms with Crippen molar-refractivity contribution in [1.29, 1.82) is 0 Å². The molecule has 0 radical (unpaired) electrons. The fraction of sp³-hybridized carbons (Fsp3) is 0.364. The van der Waals surface area contributed by atoms with Crippen molar-refractivity contribution in [2.24, 2.45) is 11.7 Å². The van der Waals surface area contributed by atoms with Crippen LogP contribution in [0.2, 0.25) is 0 Å². The van der Waals surface area contributed by atoms with Crippen molar-refractivity contribution in [3.63, 3.8) is 0 Å². The number of fused-ring (bicyclic) bond motifs is 2. The number of hydrogen-bond acceptors (Lipinski definition) is 6. The molecule has 8 nitrogen and oxygen atoms in total. The predicted molar refractivity (Wildman–Crippen MR) is 117 cm³/mol. The van der Waals surface area contributed by atoms with E-state index in [0.29, 0.717) is 0 Å². The van der Waals surface area contributed by atoms with Gasteiger partial charge in [-0.25, -0.2) is 4.78 Å². The lowest BCUT2D eigenvalue weighted by molar-refractivity contribution is -0.153. The van der Waals surface area contributed by atoms with Gasteiger partial charge in [-0.15, -0.1) is 0 Å². The molecule has 0 saturated carbocycles. The number of aliphatic carboxylic acids is 1. The van der Waals surface area contributed by atoms with Crippen molar-refractivity contribution >= 4 is 24.7 Å². The van der Waals surface area contributed by atoms with Gasteiger partial charge < -0.3 is 10.2 Å². The highest BCUT2D eigenvalue weighted by Crippen LogP contribution is 2.62. The highest BCUT2D eigenvalue weighted by molar-refractivity contribution is 7.64. The van der Waals surface area contributed by atoms with E-state index in [0.717, 1.165) is 27.1 Å². The number of hydrogen-bond donors (Lipinski definition) is 3. The van der Waals surface area contributed by atoms with Crippen LogP contribution >= 0.6 is 7.29 Å². The van der Waals surface area contributed by atoms with Gasteiger partial charge >= 0.3 is 5.97 Å². The minimum Gasteiger partial charge on any atom is -0.480 e. The van der Waals surface area contributed by atoms with Crippen LogP contribution in [-0.2, 0) is 14.2 Å². The van der Waals surface area contributed by atoms with E-state index in [2.05, 4.69) is 0 Å². The van der Waals surface area contributed by atoms with Gasteiger partial charge in [-0.2, -0.15) is 5.01 Å². The van der Waals surface area contributed by atoms with Gasteiger partial charge in [0.15, 0.2) is 5.47 Å². The first-order valence-corrected chi connectivity index (χ1v) is 12.0. The Kier molecular flexibility index (Phi) is 5.30. The zero-order valence-electron chi connectivity index (χ0n) is 17.4. The van der Waals surface area contributed by atoms with Crippen molar-refractivity contribution in [2.45, 2.75) is 31.8 Å². The lowest BCUT2D eigenvalue weighted by Crippen LogP contribution is -2.55. The zero-order chi connectivity index (χ0) is 22.6. The normalized spacial score (nSPS) is 27.8. The molecule has 0 spiro atoms. The molecule has 1 aromatic rings. The Morgan fingerprint density at radius 1 is 1.35 bits per heavy atom. The molecule has 1 fully saturated rings. The van der Waals surface area contributed by atoms with Crippen LogP contribution in [0.3, 0.4) is 0 Å². The smallest absolute Gasteiger partial charge is 0.322 e. The Morgan fingerprint density at radius 2 is 2.03 bits per heavy atom. The summed E-state index contributed by atoms with van der Waals surface area (Å²) in [4.78, 5) is 24.6. The number of carboxylic acid groups (broad SMARTS) is 1. The summed E-state index contributed by atoms with van der Waals surface area (Å²) in [7, 11) is -3.79. The molecule has 1 saturated heterocycles. The van der Waals surface area contributed by atoms with E-state index in [9.17, 15) is 24.4 Å². The molecule has 0 aromatic heterocycles. The van der Waals surface area contributed by atoms with Crippen LogP contribution in [-0.4, -0.2) is 56.1 Å². The third kappa shape index (κ3) is 3.49. The molecule has 4 unspecified atom stereocenters. The lowest BCUT2D eigenvalue weighted by Gasteiger charge is -2.45. The molecular formula is C22H26N3O5P. The maximum atomic E-state index is 13.6. The first-order chi connectivity index (χ1) is 14.5. The third-order valence-corrected chi connectivity index (χ3v) is 9.53. The van der Waals surface area contributed by atoms with Crippen LogP contribution < -0.4 is 5.73 Å². The van der Waals surface area contributed by atoms with Gasteiger partial charge in [-0.1, -0.05) is 48.6 Å². The highest BCUT2D eigenvalue weighted by Gasteiger charge is 2.55. The zero-order valence-corrected chi connectivity index (χ0v) is 18.3. The monoisotopic (exact) mass is 443 g/mol. The molecule has 2 bridgehead atoms. The van der Waals surface area contributed by atoms with E-state index < -0.39 is 30.7 Å². The van der Waals surface area contributed by atoms with Crippen molar-refractivity contribution in [2.75, 3.05) is 12.7 Å². The van der Waals surface area contributed by atoms with Gasteiger partial charge in [0.1, 0.15) is 6.04 Å². The summed E-state index contributed by atoms with van der Waals surface area (Å²) in [6.07, 6.45) is 5.90. The minimum absolute atomic E-state index is 0.0569. The standard InChI is InChI=1S/C22H26N3O5P/c1-14(21(27)28)24(25-20(26)10-11-31(25,30)22(2,23)29)13-19-16-8-9-17(18(19)12-16)15-6-4-3-5-7-15/h3-9,12,14,19,29H,10-11,13,23H2,1-2H3,(H,27,28). The van der Waals surface area contributed by atoms with Crippen LogP contribution in [0.4, 0.5) is 0 Å². The number of benzene rings is 1. The molecule has 1 aliphatic heterocycles. The molecule has 164 valence electrons. The molecule has 4 atom stereocenters. The number of amides is 1. The number of hydrazine groups is 1. The summed E-state index contributed by atoms with van der Waals surface area (Å²) in [6, 6.07) is 8.71. The second-order valence-corrected chi connectivity index (χ2v) is 11.5. The number of carbonyl (C=O) groups excluding carboxylic acids is 1. The Morgan fingerprint density at radius 3 is 2.61 bits per heavy atom. The number of rotatable bonds is 7. The highest BCUT2D eigenvalue weighted by atomic mass is 31.2. The van der Waals surface area contributed by atoms with Crippen LogP contribution in [0.15, 0.2) is 59.7 Å². The Balaban J connectivity index is 1.67. The molecule has 3 aliphatic rings. The van der Waals surface area contributed by atoms with Crippen molar-refractivity contribution in [1.82, 2.24) is 9.79 Å². The van der Waals surface area contributed by atoms with Crippen LogP contribution in [0.5, 0.6) is 0 Å². The Hall–Kier alpha value is -2.51. The molecule has 1 amide bonds. The summed E-state index contributed by atoms with van der Waals surface area (Å²) in [6.45, 7) is 2.78. The van der Waals surface area contributed by atoms with Gasteiger partial charge in [0, 0.05) is 25.0 Å². The molecule has 1 heterocycles. The number of nitrogens with zero attached hydrogens (tertiary/aromatic N) is 2. The van der Waals surface area contributed by atoms with Crippen molar-refractivity contribution in [3.05, 3.63) is 65.3 Å². The summed E-state index contributed by atoms with van der Waals surface area (Å²) < 4.78 is 14.6. The Bertz CT molecular complexity index is 1070. The van der Waals surface area contributed by atoms with E-state index in [1.165, 1.54) is 18.9 Å². The average molecular weight is 443 g/mol. The quantitative estimate of drug-likeness (QED) is 0.437. The maximum Gasteiger partial charge on any atom is 0.322 e. The van der Waals surface area contributed by atoms with E-state index in [1.807, 2.05) is 48.6 Å². The lowest BCUT2D eigenvalue weighted by atomic mass is 9.70. The summed E-state index contributed by atoms with van der Waals surface area (Å²) >= 11 is 0. The topological polar surface area (TPSA) is 124 Å². The summed E-state index contributed by atoms with van der Waals surface area (Å²) in [5.74, 6) is -1.80. The van der Waals surface area contributed by atoms with E-state index >= 15 is 0 Å². The maximum absolute atomic E-state index is 13.6. The van der Waals surface area contributed by atoms with Crippen LogP contribution in [0.25, 0.3) is 5.57 Å². The number of aliphatic hydroxyl groups is 1. The average Bonchev–Trinajstić information content (AvgIpc) is 3.04. The van der Waals surface area contributed by atoms with E-state index in [4.69, 9.17) is 5.73 Å². The number of carboxylic acids is 1. The summed E-state index contributed by atoms with van der Waals surface area (Å²) in [5, 5.41) is 21.4. The van der Waals surface area contributed by atoms with Gasteiger partial charge in [-0.05, 0) is 36.1 Å². The van der Waals surface area contributed by atoms with Gasteiger partial charge in [0.25, 0.3) is 0 Å². The number of nitrogens with two attached hydrogens (primary N) is 1. The van der Waals surface area contributed by atoms with Crippen LogP contribution in [0.1, 0.15) is 25.8 Å². The second kappa shape index (κ2) is 7.57. The largest absolute Gasteiger partial charge is 0.480 e.